The van der Waals surface area contributed by atoms with Crippen LogP contribution in [0, 0.1) is 5.82 Å². The van der Waals surface area contributed by atoms with Gasteiger partial charge in [-0.05, 0) is 40.7 Å². The average molecular weight is 354 g/mol. The third kappa shape index (κ3) is 2.53. The molecule has 1 unspecified atom stereocenters. The minimum Gasteiger partial charge on any atom is -0.456 e. The Labute approximate surface area is 128 Å². The van der Waals surface area contributed by atoms with E-state index in [0.29, 0.717) is 5.58 Å². The van der Waals surface area contributed by atoms with Gasteiger partial charge in [-0.2, -0.15) is 0 Å². The zero-order valence-electron chi connectivity index (χ0n) is 10.8. The van der Waals surface area contributed by atoms with Crippen LogP contribution in [0.3, 0.4) is 0 Å². The van der Waals surface area contributed by atoms with Crippen LogP contribution in [0.2, 0.25) is 0 Å². The second-order valence-electron chi connectivity index (χ2n) is 4.46. The third-order valence-electron chi connectivity index (χ3n) is 3.08. The van der Waals surface area contributed by atoms with Crippen LogP contribution < -0.4 is 5.32 Å². The van der Waals surface area contributed by atoms with E-state index in [0.717, 1.165) is 27.0 Å². The fourth-order valence-corrected chi connectivity index (χ4v) is 3.74. The number of hydrogen-bond donors (Lipinski definition) is 1. The summed E-state index contributed by atoms with van der Waals surface area (Å²) >= 11 is 5.11. The Kier molecular flexibility index (Phi) is 3.92. The topological polar surface area (TPSA) is 25.2 Å². The van der Waals surface area contributed by atoms with Gasteiger partial charge in [-0.3, -0.25) is 0 Å². The van der Waals surface area contributed by atoms with Gasteiger partial charge in [0.25, 0.3) is 0 Å². The molecule has 5 heteroatoms. The Morgan fingerprint density at radius 2 is 2.25 bits per heavy atom. The molecule has 0 aliphatic rings. The molecule has 0 fully saturated rings. The lowest BCUT2D eigenvalue weighted by molar-refractivity contribution is 0.468. The minimum absolute atomic E-state index is 0.0527. The van der Waals surface area contributed by atoms with Gasteiger partial charge in [-0.25, -0.2) is 4.39 Å². The summed E-state index contributed by atoms with van der Waals surface area (Å²) in [4.78, 5) is 1.14. The molecule has 0 aliphatic carbocycles. The lowest BCUT2D eigenvalue weighted by Crippen LogP contribution is -2.20. The smallest absolute Gasteiger partial charge is 0.169 e. The van der Waals surface area contributed by atoms with E-state index in [9.17, 15) is 4.39 Å². The molecule has 2 nitrogen and oxygen atoms in total. The molecule has 1 aromatic carbocycles. The van der Waals surface area contributed by atoms with Crippen molar-refractivity contribution in [3.63, 3.8) is 0 Å². The van der Waals surface area contributed by atoms with E-state index in [2.05, 4.69) is 27.3 Å². The fraction of sp³-hybridized carbons (Fsp3) is 0.200. The van der Waals surface area contributed by atoms with Crippen molar-refractivity contribution in [2.24, 2.45) is 0 Å². The molecule has 1 N–H and O–H groups in total. The average Bonchev–Trinajstić information content (AvgIpc) is 3.03. The molecule has 0 amide bonds. The van der Waals surface area contributed by atoms with Crippen LogP contribution >= 0.6 is 27.3 Å². The molecule has 20 heavy (non-hydrogen) atoms. The van der Waals surface area contributed by atoms with Crippen molar-refractivity contribution in [2.45, 2.75) is 13.0 Å². The molecular weight excluding hydrogens is 341 g/mol. The van der Waals surface area contributed by atoms with Crippen molar-refractivity contribution in [1.82, 2.24) is 5.32 Å². The van der Waals surface area contributed by atoms with E-state index in [1.807, 2.05) is 24.4 Å². The number of nitrogens with one attached hydrogen (secondary N) is 1. The summed E-state index contributed by atoms with van der Waals surface area (Å²) in [6.45, 7) is 2.85. The van der Waals surface area contributed by atoms with Gasteiger partial charge in [0.05, 0.1) is 0 Å². The molecule has 0 aliphatic heterocycles. The highest BCUT2D eigenvalue weighted by Crippen LogP contribution is 2.33. The Morgan fingerprint density at radius 3 is 2.90 bits per heavy atom. The normalized spacial score (nSPS) is 12.9. The molecule has 1 atom stereocenters. The molecule has 0 saturated carbocycles. The highest BCUT2D eigenvalue weighted by Gasteiger charge is 2.20. The Hall–Kier alpha value is -1.17. The minimum atomic E-state index is -0.323. The van der Waals surface area contributed by atoms with Crippen LogP contribution in [0.1, 0.15) is 23.6 Å². The van der Waals surface area contributed by atoms with Gasteiger partial charge in [-0.15, -0.1) is 11.3 Å². The van der Waals surface area contributed by atoms with E-state index in [-0.39, 0.29) is 11.9 Å². The van der Waals surface area contributed by atoms with Crippen LogP contribution in [0.4, 0.5) is 4.39 Å². The molecule has 3 rings (SSSR count). The molecule has 0 bridgehead atoms. The van der Waals surface area contributed by atoms with Crippen molar-refractivity contribution < 1.29 is 8.81 Å². The lowest BCUT2D eigenvalue weighted by atomic mass is 10.1. The summed E-state index contributed by atoms with van der Waals surface area (Å²) in [6.07, 6.45) is 0. The number of para-hydroxylation sites is 1. The maximum atomic E-state index is 13.7. The van der Waals surface area contributed by atoms with Crippen LogP contribution in [-0.4, -0.2) is 6.54 Å². The van der Waals surface area contributed by atoms with Crippen molar-refractivity contribution in [3.8, 4) is 0 Å². The Balaban J connectivity index is 2.07. The van der Waals surface area contributed by atoms with Gasteiger partial charge in [-0.1, -0.05) is 19.1 Å². The SMILES string of the molecule is CCNC(c1cc2cccc(F)c2o1)c1cc(Br)cs1. The molecule has 0 radical (unpaired) electrons. The summed E-state index contributed by atoms with van der Waals surface area (Å²) in [5.41, 5.74) is 0.320. The fourth-order valence-electron chi connectivity index (χ4n) is 2.21. The number of hydrogen-bond acceptors (Lipinski definition) is 3. The molecule has 2 heterocycles. The molecule has 0 spiro atoms. The van der Waals surface area contributed by atoms with E-state index in [1.54, 1.807) is 17.4 Å². The van der Waals surface area contributed by atoms with E-state index in [1.165, 1.54) is 6.07 Å². The molecule has 0 saturated heterocycles. The predicted molar refractivity (Wildman–Crippen MR) is 83.7 cm³/mol. The maximum Gasteiger partial charge on any atom is 0.169 e. The summed E-state index contributed by atoms with van der Waals surface area (Å²) in [5.74, 6) is 0.414. The zero-order chi connectivity index (χ0) is 14.1. The van der Waals surface area contributed by atoms with Crippen molar-refractivity contribution in [2.75, 3.05) is 6.54 Å². The van der Waals surface area contributed by atoms with E-state index < -0.39 is 0 Å². The number of rotatable bonds is 4. The number of furan rings is 1. The highest BCUT2D eigenvalue weighted by atomic mass is 79.9. The molecule has 2 aromatic heterocycles. The first-order valence-electron chi connectivity index (χ1n) is 6.34. The largest absolute Gasteiger partial charge is 0.456 e. The lowest BCUT2D eigenvalue weighted by Gasteiger charge is -2.13. The second-order valence-corrected chi connectivity index (χ2v) is 6.32. The number of thiophene rings is 1. The summed E-state index contributed by atoms with van der Waals surface area (Å²) in [5, 5.41) is 6.20. The highest BCUT2D eigenvalue weighted by molar-refractivity contribution is 9.10. The molecule has 3 aromatic rings. The molecule has 104 valence electrons. The van der Waals surface area contributed by atoms with Crippen LogP contribution in [-0.2, 0) is 0 Å². The van der Waals surface area contributed by atoms with Gasteiger partial charge in [0.15, 0.2) is 11.4 Å². The monoisotopic (exact) mass is 353 g/mol. The van der Waals surface area contributed by atoms with E-state index >= 15 is 0 Å². The van der Waals surface area contributed by atoms with Crippen molar-refractivity contribution in [3.05, 3.63) is 56.6 Å². The van der Waals surface area contributed by atoms with Gasteiger partial charge < -0.3 is 9.73 Å². The van der Waals surface area contributed by atoms with Crippen LogP contribution in [0.15, 0.2) is 44.6 Å². The number of fused-ring (bicyclic) bond motifs is 1. The first kappa shape index (κ1) is 13.8. The summed E-state index contributed by atoms with van der Waals surface area (Å²) < 4.78 is 20.5. The first-order valence-corrected chi connectivity index (χ1v) is 8.01. The van der Waals surface area contributed by atoms with Crippen LogP contribution in [0.25, 0.3) is 11.0 Å². The number of halogens is 2. The quantitative estimate of drug-likeness (QED) is 0.706. The first-order chi connectivity index (χ1) is 9.69. The molecular formula is C15H13BrFNOS. The summed E-state index contributed by atoms with van der Waals surface area (Å²) in [7, 11) is 0. The van der Waals surface area contributed by atoms with Crippen molar-refractivity contribution >= 4 is 38.2 Å². The van der Waals surface area contributed by atoms with Gasteiger partial charge >= 0.3 is 0 Å². The Morgan fingerprint density at radius 1 is 1.40 bits per heavy atom. The Bertz CT molecular complexity index is 736. The van der Waals surface area contributed by atoms with Crippen molar-refractivity contribution in [1.29, 1.82) is 0 Å². The predicted octanol–water partition coefficient (Wildman–Crippen LogP) is 5.09. The third-order valence-corrected chi connectivity index (χ3v) is 4.84. The van der Waals surface area contributed by atoms with Gasteiger partial charge in [0.1, 0.15) is 11.8 Å². The maximum absolute atomic E-state index is 13.7. The van der Waals surface area contributed by atoms with E-state index in [4.69, 9.17) is 4.42 Å². The van der Waals surface area contributed by atoms with Gasteiger partial charge in [0.2, 0.25) is 0 Å². The second kappa shape index (κ2) is 5.68. The number of benzene rings is 1. The van der Waals surface area contributed by atoms with Crippen LogP contribution in [0.5, 0.6) is 0 Å². The van der Waals surface area contributed by atoms with Gasteiger partial charge in [0, 0.05) is 20.1 Å². The summed E-state index contributed by atoms with van der Waals surface area (Å²) in [6, 6.07) is 8.88. The standard InChI is InChI=1S/C15H13BrFNOS/c1-2-18-14(13-7-10(16)8-20-13)12-6-9-4-3-5-11(17)15(9)19-12/h3-8,14,18H,2H2,1H3. The zero-order valence-corrected chi connectivity index (χ0v) is 13.2.